The Morgan fingerprint density at radius 2 is 1.89 bits per heavy atom. The number of aromatic nitrogens is 2. The van der Waals surface area contributed by atoms with Gasteiger partial charge in [0, 0.05) is 18.5 Å². The summed E-state index contributed by atoms with van der Waals surface area (Å²) in [5.41, 5.74) is 0.465. The summed E-state index contributed by atoms with van der Waals surface area (Å²) in [5, 5.41) is 13.0. The third kappa shape index (κ3) is 9.47. The number of fused-ring (bicyclic) bond motifs is 1. The van der Waals surface area contributed by atoms with Crippen molar-refractivity contribution in [3.63, 3.8) is 0 Å². The molecule has 2 fully saturated rings. The molecule has 1 saturated carbocycles. The van der Waals surface area contributed by atoms with E-state index in [1.807, 2.05) is 27.7 Å². The van der Waals surface area contributed by atoms with Gasteiger partial charge in [0.25, 0.3) is 0 Å². The lowest BCUT2D eigenvalue weighted by Gasteiger charge is -2.32. The van der Waals surface area contributed by atoms with Crippen molar-refractivity contribution < 1.29 is 42.1 Å². The van der Waals surface area contributed by atoms with Crippen molar-refractivity contribution in [2.45, 2.75) is 110 Å². The number of alkyl carbamates (subject to hydrolysis) is 1. The minimum absolute atomic E-state index is 0.00903. The molecule has 1 aromatic carbocycles. The predicted octanol–water partition coefficient (Wildman–Crippen LogP) is 6.52. The van der Waals surface area contributed by atoms with Gasteiger partial charge in [-0.25, -0.2) is 14.8 Å². The fourth-order valence-electron chi connectivity index (χ4n) is 6.93. The number of nitrogens with one attached hydrogen (secondary N) is 1. The van der Waals surface area contributed by atoms with Crippen LogP contribution >= 0.6 is 0 Å². The molecule has 4 rings (SSSR count). The molecule has 10 nitrogen and oxygen atoms in total. The first kappa shape index (κ1) is 36.2. The van der Waals surface area contributed by atoms with Gasteiger partial charge in [0.05, 0.1) is 17.1 Å². The van der Waals surface area contributed by atoms with E-state index in [1.54, 1.807) is 4.90 Å². The van der Waals surface area contributed by atoms with Crippen molar-refractivity contribution in [1.82, 2.24) is 20.2 Å². The monoisotopic (exact) mass is 664 g/mol. The van der Waals surface area contributed by atoms with Gasteiger partial charge < -0.3 is 24.8 Å². The number of alkyl halides is 3. The molecule has 2 aromatic rings. The van der Waals surface area contributed by atoms with Crippen LogP contribution in [-0.2, 0) is 20.7 Å². The van der Waals surface area contributed by atoms with Crippen LogP contribution < -0.4 is 10.1 Å². The summed E-state index contributed by atoms with van der Waals surface area (Å²) >= 11 is 0. The molecule has 260 valence electrons. The molecular weight excluding hydrogens is 617 g/mol. The molecule has 2 amide bonds. The van der Waals surface area contributed by atoms with Crippen molar-refractivity contribution in [2.75, 3.05) is 19.7 Å². The molecule has 4 atom stereocenters. The highest BCUT2D eigenvalue weighted by Crippen LogP contribution is 2.41. The van der Waals surface area contributed by atoms with Crippen LogP contribution in [0.3, 0.4) is 0 Å². The summed E-state index contributed by atoms with van der Waals surface area (Å²) in [4.78, 5) is 48.8. The number of halogens is 3. The number of carbonyl (C=O) groups is 3. The summed E-state index contributed by atoms with van der Waals surface area (Å²) in [6, 6.07) is 3.78. The highest BCUT2D eigenvalue weighted by atomic mass is 19.4. The highest BCUT2D eigenvalue weighted by molar-refractivity contribution is 5.92. The maximum atomic E-state index is 13.0. The number of amides is 2. The molecule has 1 saturated heterocycles. The molecule has 0 radical (unpaired) electrons. The molecule has 1 aliphatic heterocycles. The van der Waals surface area contributed by atoms with Crippen molar-refractivity contribution in [3.05, 3.63) is 23.9 Å². The molecule has 13 heteroatoms. The maximum Gasteiger partial charge on any atom is 0.422 e. The Morgan fingerprint density at radius 3 is 2.60 bits per heavy atom. The number of unbranched alkanes of at least 4 members (excludes halogenated alkanes) is 2. The molecular formula is C34H47F3N4O6. The quantitative estimate of drug-likeness (QED) is 0.219. The largest absolute Gasteiger partial charge is 0.492 e. The Labute approximate surface area is 273 Å². The predicted molar refractivity (Wildman–Crippen MR) is 169 cm³/mol. The van der Waals surface area contributed by atoms with E-state index in [4.69, 9.17) is 9.47 Å². The van der Waals surface area contributed by atoms with Crippen LogP contribution in [0.25, 0.3) is 11.0 Å². The van der Waals surface area contributed by atoms with Gasteiger partial charge in [0.2, 0.25) is 11.8 Å². The van der Waals surface area contributed by atoms with Gasteiger partial charge in [-0.1, -0.05) is 40.0 Å². The third-order valence-electron chi connectivity index (χ3n) is 9.58. The molecule has 0 bridgehead atoms. The van der Waals surface area contributed by atoms with Gasteiger partial charge in [0.15, 0.2) is 12.4 Å². The molecule has 2 heterocycles. The summed E-state index contributed by atoms with van der Waals surface area (Å²) in [5.74, 6) is -0.349. The van der Waals surface area contributed by atoms with E-state index in [2.05, 4.69) is 15.3 Å². The second kappa shape index (κ2) is 15.5. The average Bonchev–Trinajstić information content (AvgIpc) is 3.61. The number of ketones is 1. The van der Waals surface area contributed by atoms with Crippen molar-refractivity contribution in [3.8, 4) is 11.6 Å². The fraction of sp³-hybridized carbons (Fsp3) is 0.676. The Hall–Kier alpha value is -3.64. The van der Waals surface area contributed by atoms with E-state index in [0.29, 0.717) is 24.2 Å². The van der Waals surface area contributed by atoms with E-state index in [-0.39, 0.29) is 53.1 Å². The number of benzene rings is 1. The normalized spacial score (nSPS) is 23.0. The third-order valence-corrected chi connectivity index (χ3v) is 9.58. The molecule has 47 heavy (non-hydrogen) atoms. The summed E-state index contributed by atoms with van der Waals surface area (Å²) in [7, 11) is 0. The smallest absolute Gasteiger partial charge is 0.422 e. The van der Waals surface area contributed by atoms with Crippen LogP contribution in [0.5, 0.6) is 11.6 Å². The maximum absolute atomic E-state index is 13.0. The second-order valence-corrected chi connectivity index (χ2v) is 13.3. The van der Waals surface area contributed by atoms with Crippen LogP contribution in [-0.4, -0.2) is 75.3 Å². The summed E-state index contributed by atoms with van der Waals surface area (Å²) < 4.78 is 48.0. The minimum Gasteiger partial charge on any atom is -0.492 e. The lowest BCUT2D eigenvalue weighted by atomic mass is 9.87. The molecule has 0 spiro atoms. The molecule has 1 aliphatic carbocycles. The van der Waals surface area contributed by atoms with Gasteiger partial charge in [-0.15, -0.1) is 0 Å². The first-order valence-electron chi connectivity index (χ1n) is 16.7. The number of aromatic hydroxyl groups is 1. The summed E-state index contributed by atoms with van der Waals surface area (Å²) in [6.07, 6.45) is 2.90. The number of Topliss-reactive ketones (excluding diaryl/α,β-unsaturated/α-hetero) is 1. The van der Waals surface area contributed by atoms with Crippen LogP contribution in [0.2, 0.25) is 0 Å². The first-order valence-corrected chi connectivity index (χ1v) is 16.7. The minimum atomic E-state index is -4.46. The van der Waals surface area contributed by atoms with Gasteiger partial charge in [-0.3, -0.25) is 9.59 Å². The fourth-order valence-corrected chi connectivity index (χ4v) is 6.93. The van der Waals surface area contributed by atoms with E-state index in [0.717, 1.165) is 57.8 Å². The Kier molecular flexibility index (Phi) is 11.9. The number of hydrogen-bond acceptors (Lipinski definition) is 8. The van der Waals surface area contributed by atoms with Crippen molar-refractivity contribution >= 4 is 28.8 Å². The Balaban J connectivity index is 1.21. The first-order chi connectivity index (χ1) is 22.2. The highest BCUT2D eigenvalue weighted by Gasteiger charge is 2.43. The van der Waals surface area contributed by atoms with Crippen molar-refractivity contribution in [1.29, 1.82) is 0 Å². The Morgan fingerprint density at radius 1 is 1.13 bits per heavy atom. The second-order valence-electron chi connectivity index (χ2n) is 13.3. The number of likely N-dealkylation sites (tertiary alicyclic amines) is 1. The standard InChI is InChI=1S/C34H47F3N4O6/c1-5-22-15-17-41(29(22)30(43)21(2)3)28(42)19-38-32(45)47-33(4)16-9-11-23(33)10-7-6-8-12-26-31(44)40-27-18-24(13-14-25(27)39-26)46-20-34(35,36)37/h13-14,18,21-23,29H,5-12,15-17,19-20H2,1-4H3,(H,38,45)(H,40,44)/t22-,23-,29+,33?/m1/s1. The number of carbonyl (C=O) groups excluding carboxylic acids is 3. The van der Waals surface area contributed by atoms with E-state index in [1.165, 1.54) is 18.2 Å². The number of ether oxygens (including phenoxy) is 2. The number of aryl methyl sites for hydroxylation is 1. The Bertz CT molecular complexity index is 1420. The topological polar surface area (TPSA) is 131 Å². The average molecular weight is 665 g/mol. The van der Waals surface area contributed by atoms with E-state index >= 15 is 0 Å². The number of hydrogen-bond donors (Lipinski definition) is 2. The van der Waals surface area contributed by atoms with Crippen LogP contribution in [0.15, 0.2) is 18.2 Å². The van der Waals surface area contributed by atoms with E-state index in [9.17, 15) is 32.7 Å². The zero-order valence-corrected chi connectivity index (χ0v) is 27.7. The SMILES string of the molecule is CC[C@@H]1CCN(C(=O)CNC(=O)OC2(C)CCC[C@H]2CCCCCc2nc3ccc(OCC(F)(F)F)cc3nc2O)[C@@H]1C(=O)C(C)C. The van der Waals surface area contributed by atoms with Gasteiger partial charge in [0.1, 0.15) is 23.6 Å². The van der Waals surface area contributed by atoms with Crippen LogP contribution in [0, 0.1) is 17.8 Å². The lowest BCUT2D eigenvalue weighted by molar-refractivity contribution is -0.153. The van der Waals surface area contributed by atoms with Gasteiger partial charge >= 0.3 is 12.3 Å². The van der Waals surface area contributed by atoms with E-state index < -0.39 is 30.5 Å². The number of rotatable bonds is 14. The molecule has 2 aliphatic rings. The lowest BCUT2D eigenvalue weighted by Crippen LogP contribution is -2.49. The summed E-state index contributed by atoms with van der Waals surface area (Å²) in [6.45, 7) is 6.54. The van der Waals surface area contributed by atoms with Gasteiger partial charge in [-0.2, -0.15) is 13.2 Å². The van der Waals surface area contributed by atoms with Gasteiger partial charge in [-0.05, 0) is 75.8 Å². The molecule has 2 N–H and O–H groups in total. The molecule has 1 unspecified atom stereocenters. The zero-order chi connectivity index (χ0) is 34.4. The zero-order valence-electron chi connectivity index (χ0n) is 27.7. The molecule has 1 aromatic heterocycles. The number of nitrogens with zero attached hydrogens (tertiary/aromatic N) is 3. The van der Waals surface area contributed by atoms with Crippen LogP contribution in [0.4, 0.5) is 18.0 Å². The van der Waals surface area contributed by atoms with Crippen LogP contribution in [0.1, 0.15) is 91.2 Å². The van der Waals surface area contributed by atoms with Crippen molar-refractivity contribution in [2.24, 2.45) is 17.8 Å².